The predicted molar refractivity (Wildman–Crippen MR) is 78.7 cm³/mol. The summed E-state index contributed by atoms with van der Waals surface area (Å²) in [6.07, 6.45) is 1.08. The highest BCUT2D eigenvalue weighted by Gasteiger charge is 2.16. The Morgan fingerprint density at radius 2 is 2.05 bits per heavy atom. The minimum atomic E-state index is -3.93. The van der Waals surface area contributed by atoms with Gasteiger partial charge in [0.15, 0.2) is 0 Å². The predicted octanol–water partition coefficient (Wildman–Crippen LogP) is 1.10. The molecule has 0 fully saturated rings. The molecule has 0 aliphatic rings. The zero-order chi connectivity index (χ0) is 15.9. The van der Waals surface area contributed by atoms with Gasteiger partial charge in [-0.15, -0.1) is 0 Å². The minimum Gasteiger partial charge on any atom is -0.495 e. The zero-order valence-electron chi connectivity index (χ0n) is 12.1. The fourth-order valence-electron chi connectivity index (χ4n) is 1.61. The van der Waals surface area contributed by atoms with E-state index < -0.39 is 10.0 Å². The fourth-order valence-corrected chi connectivity index (χ4v) is 2.33. The molecule has 0 bridgehead atoms. The van der Waals surface area contributed by atoms with Crippen molar-refractivity contribution in [3.8, 4) is 5.75 Å². The number of rotatable bonds is 8. The Morgan fingerprint density at radius 3 is 2.62 bits per heavy atom. The second-order valence-corrected chi connectivity index (χ2v) is 5.85. The number of carbonyl (C=O) groups excluding carboxylic acids is 1. The molecular weight excluding hydrogens is 296 g/mol. The molecule has 118 valence electrons. The maximum absolute atomic E-state index is 11.7. The molecule has 1 amide bonds. The van der Waals surface area contributed by atoms with Gasteiger partial charge in [0.1, 0.15) is 10.6 Å². The largest absolute Gasteiger partial charge is 0.495 e. The van der Waals surface area contributed by atoms with Gasteiger partial charge in [0.05, 0.1) is 20.1 Å². The molecule has 0 aromatic heterocycles. The van der Waals surface area contributed by atoms with Crippen LogP contribution in [0.4, 0.5) is 5.69 Å². The van der Waals surface area contributed by atoms with Gasteiger partial charge in [-0.3, -0.25) is 4.79 Å². The summed E-state index contributed by atoms with van der Waals surface area (Å²) in [5.41, 5.74) is 0.334. The van der Waals surface area contributed by atoms with Crippen molar-refractivity contribution in [3.05, 3.63) is 18.2 Å². The van der Waals surface area contributed by atoms with Gasteiger partial charge in [-0.25, -0.2) is 13.6 Å². The van der Waals surface area contributed by atoms with Crippen molar-refractivity contribution in [1.29, 1.82) is 0 Å². The van der Waals surface area contributed by atoms with Crippen LogP contribution in [0.1, 0.15) is 19.8 Å². The number of primary sulfonamides is 1. The molecule has 0 saturated carbocycles. The van der Waals surface area contributed by atoms with Crippen LogP contribution < -0.4 is 15.2 Å². The van der Waals surface area contributed by atoms with E-state index in [0.29, 0.717) is 18.9 Å². The Labute approximate surface area is 124 Å². The van der Waals surface area contributed by atoms with Crippen LogP contribution in [0, 0.1) is 0 Å². The van der Waals surface area contributed by atoms with Crippen molar-refractivity contribution < 1.29 is 22.7 Å². The summed E-state index contributed by atoms with van der Waals surface area (Å²) in [5.74, 6) is -0.140. The number of nitrogens with two attached hydrogens (primary N) is 1. The van der Waals surface area contributed by atoms with Crippen molar-refractivity contribution >= 4 is 21.6 Å². The summed E-state index contributed by atoms with van der Waals surface area (Å²) in [5, 5.41) is 7.69. The molecule has 0 aliphatic carbocycles. The molecule has 0 spiro atoms. The molecule has 1 rings (SSSR count). The lowest BCUT2D eigenvalue weighted by Crippen LogP contribution is -2.16. The van der Waals surface area contributed by atoms with Crippen molar-refractivity contribution in [2.75, 3.05) is 25.6 Å². The number of sulfonamides is 1. The smallest absolute Gasteiger partial charge is 0.241 e. The van der Waals surface area contributed by atoms with E-state index in [2.05, 4.69) is 5.32 Å². The van der Waals surface area contributed by atoms with E-state index in [4.69, 9.17) is 14.6 Å². The molecule has 8 heteroatoms. The van der Waals surface area contributed by atoms with Gasteiger partial charge < -0.3 is 14.8 Å². The molecule has 0 heterocycles. The first-order chi connectivity index (χ1) is 9.88. The van der Waals surface area contributed by atoms with E-state index >= 15 is 0 Å². The number of hydrogen-bond acceptors (Lipinski definition) is 5. The Kier molecular flexibility index (Phi) is 6.60. The Hall–Kier alpha value is -1.64. The van der Waals surface area contributed by atoms with Gasteiger partial charge in [-0.05, 0) is 24.6 Å². The van der Waals surface area contributed by atoms with E-state index in [1.165, 1.54) is 25.3 Å². The topological polar surface area (TPSA) is 108 Å². The maximum Gasteiger partial charge on any atom is 0.241 e. The number of benzene rings is 1. The average Bonchev–Trinajstić information content (AvgIpc) is 2.42. The summed E-state index contributed by atoms with van der Waals surface area (Å²) in [4.78, 5) is 11.5. The molecule has 0 unspecified atom stereocenters. The summed E-state index contributed by atoms with van der Waals surface area (Å²) in [7, 11) is -2.59. The lowest BCUT2D eigenvalue weighted by Gasteiger charge is -2.10. The summed E-state index contributed by atoms with van der Waals surface area (Å²) in [6, 6.07) is 4.24. The third-order valence-electron chi connectivity index (χ3n) is 2.58. The standard InChI is InChI=1S/C13H20N2O5S/c1-3-7-20-8-6-13(16)15-10-4-5-11(19-2)12(9-10)21(14,17)18/h4-5,9H,3,6-8H2,1-2H3,(H,15,16)(H2,14,17,18). The quantitative estimate of drug-likeness (QED) is 0.698. The first-order valence-electron chi connectivity index (χ1n) is 6.47. The highest BCUT2D eigenvalue weighted by Crippen LogP contribution is 2.26. The Bertz CT molecular complexity index is 586. The van der Waals surface area contributed by atoms with Gasteiger partial charge in [-0.2, -0.15) is 0 Å². The first-order valence-corrected chi connectivity index (χ1v) is 8.01. The van der Waals surface area contributed by atoms with Gasteiger partial charge in [-0.1, -0.05) is 6.92 Å². The van der Waals surface area contributed by atoms with Gasteiger partial charge in [0.2, 0.25) is 15.9 Å². The van der Waals surface area contributed by atoms with E-state index in [-0.39, 0.29) is 23.0 Å². The minimum absolute atomic E-state index is 0.127. The first kappa shape index (κ1) is 17.4. The highest BCUT2D eigenvalue weighted by atomic mass is 32.2. The molecule has 0 radical (unpaired) electrons. The Balaban J connectivity index is 2.74. The molecule has 21 heavy (non-hydrogen) atoms. The highest BCUT2D eigenvalue weighted by molar-refractivity contribution is 7.89. The second-order valence-electron chi connectivity index (χ2n) is 4.32. The number of ether oxygens (including phenoxy) is 2. The number of methoxy groups -OCH3 is 1. The van der Waals surface area contributed by atoms with Gasteiger partial charge in [0.25, 0.3) is 0 Å². The number of amides is 1. The lowest BCUT2D eigenvalue weighted by molar-refractivity contribution is -0.117. The summed E-state index contributed by atoms with van der Waals surface area (Å²) < 4.78 is 33.1. The van der Waals surface area contributed by atoms with Crippen LogP contribution in [0.3, 0.4) is 0 Å². The molecule has 0 atom stereocenters. The molecule has 0 aliphatic heterocycles. The van der Waals surface area contributed by atoms with Crippen molar-refractivity contribution in [2.24, 2.45) is 5.14 Å². The van der Waals surface area contributed by atoms with E-state index in [9.17, 15) is 13.2 Å². The van der Waals surface area contributed by atoms with Gasteiger partial charge >= 0.3 is 0 Å². The molecule has 1 aromatic carbocycles. The SMILES string of the molecule is CCCOCCC(=O)Nc1ccc(OC)c(S(N)(=O)=O)c1. The maximum atomic E-state index is 11.7. The Morgan fingerprint density at radius 1 is 1.33 bits per heavy atom. The normalized spacial score (nSPS) is 11.2. The van der Waals surface area contributed by atoms with Crippen LogP contribution in [-0.4, -0.2) is 34.6 Å². The fraction of sp³-hybridized carbons (Fsp3) is 0.462. The molecular formula is C13H20N2O5S. The molecule has 7 nitrogen and oxygen atoms in total. The van der Waals surface area contributed by atoms with Crippen LogP contribution in [0.2, 0.25) is 0 Å². The molecule has 3 N–H and O–H groups in total. The summed E-state index contributed by atoms with van der Waals surface area (Å²) >= 11 is 0. The molecule has 1 aromatic rings. The van der Waals surface area contributed by atoms with E-state index in [1.54, 1.807) is 0 Å². The van der Waals surface area contributed by atoms with Crippen molar-refractivity contribution in [1.82, 2.24) is 0 Å². The number of anilines is 1. The zero-order valence-corrected chi connectivity index (χ0v) is 12.9. The van der Waals surface area contributed by atoms with Crippen molar-refractivity contribution in [3.63, 3.8) is 0 Å². The molecule has 0 saturated heterocycles. The summed E-state index contributed by atoms with van der Waals surface area (Å²) in [6.45, 7) is 2.90. The van der Waals surface area contributed by atoms with Crippen LogP contribution in [0.25, 0.3) is 0 Å². The lowest BCUT2D eigenvalue weighted by atomic mass is 10.3. The average molecular weight is 316 g/mol. The second kappa shape index (κ2) is 7.96. The van der Waals surface area contributed by atoms with Gasteiger partial charge in [0, 0.05) is 12.3 Å². The van der Waals surface area contributed by atoms with Crippen LogP contribution >= 0.6 is 0 Å². The number of nitrogens with one attached hydrogen (secondary N) is 1. The van der Waals surface area contributed by atoms with Crippen LogP contribution in [0.5, 0.6) is 5.75 Å². The third-order valence-corrected chi connectivity index (χ3v) is 3.51. The number of hydrogen-bond donors (Lipinski definition) is 2. The van der Waals surface area contributed by atoms with Crippen LogP contribution in [-0.2, 0) is 19.6 Å². The van der Waals surface area contributed by atoms with E-state index in [1.807, 2.05) is 6.92 Å². The number of carbonyl (C=O) groups is 1. The monoisotopic (exact) mass is 316 g/mol. The third kappa shape index (κ3) is 5.70. The van der Waals surface area contributed by atoms with E-state index in [0.717, 1.165) is 6.42 Å². The van der Waals surface area contributed by atoms with Crippen LogP contribution in [0.15, 0.2) is 23.1 Å². The van der Waals surface area contributed by atoms with Crippen molar-refractivity contribution in [2.45, 2.75) is 24.7 Å².